The third-order valence-electron chi connectivity index (χ3n) is 3.86. The number of amides is 2. The summed E-state index contributed by atoms with van der Waals surface area (Å²) in [5.74, 6) is 2.60. The molecule has 114 valence electrons. The number of carbonyl (C=O) groups is 2. The Morgan fingerprint density at radius 1 is 1.43 bits per heavy atom. The molecule has 0 aromatic carbocycles. The van der Waals surface area contributed by atoms with Gasteiger partial charge in [0, 0.05) is 38.2 Å². The fourth-order valence-electron chi connectivity index (χ4n) is 2.74. The van der Waals surface area contributed by atoms with Crippen molar-refractivity contribution in [1.29, 1.82) is 0 Å². The van der Waals surface area contributed by atoms with E-state index in [1.165, 1.54) is 11.8 Å². The van der Waals surface area contributed by atoms with E-state index in [1.807, 2.05) is 6.92 Å². The van der Waals surface area contributed by atoms with Crippen LogP contribution in [0.3, 0.4) is 0 Å². The van der Waals surface area contributed by atoms with Crippen LogP contribution in [0.15, 0.2) is 0 Å². The molecule has 1 saturated heterocycles. The van der Waals surface area contributed by atoms with E-state index in [1.54, 1.807) is 4.90 Å². The number of carbonyl (C=O) groups excluding carboxylic acids is 2. The normalized spacial score (nSPS) is 18.9. The summed E-state index contributed by atoms with van der Waals surface area (Å²) in [6.07, 6.45) is 2.38. The molecule has 1 aromatic heterocycles. The molecule has 2 aliphatic rings. The van der Waals surface area contributed by atoms with Crippen molar-refractivity contribution in [3.8, 4) is 0 Å². The van der Waals surface area contributed by atoms with Gasteiger partial charge in [0.2, 0.25) is 5.91 Å². The van der Waals surface area contributed by atoms with Crippen molar-refractivity contribution in [3.05, 3.63) is 11.6 Å². The fraction of sp³-hybridized carbons (Fsp3) is 0.692. The van der Waals surface area contributed by atoms with E-state index in [0.29, 0.717) is 13.0 Å². The molecule has 0 spiro atoms. The number of nitrogens with zero attached hydrogens (tertiary/aromatic N) is 4. The average molecular weight is 309 g/mol. The lowest BCUT2D eigenvalue weighted by molar-refractivity contribution is -0.121. The van der Waals surface area contributed by atoms with E-state index in [2.05, 4.69) is 20.1 Å². The van der Waals surface area contributed by atoms with Crippen LogP contribution < -0.4 is 5.32 Å². The lowest BCUT2D eigenvalue weighted by Gasteiger charge is -2.16. The summed E-state index contributed by atoms with van der Waals surface area (Å²) < 4.78 is 2.09. The highest BCUT2D eigenvalue weighted by atomic mass is 32.2. The molecule has 8 heteroatoms. The third-order valence-corrected chi connectivity index (χ3v) is 4.75. The van der Waals surface area contributed by atoms with Crippen LogP contribution in [-0.4, -0.2) is 49.7 Å². The number of rotatable bonds is 5. The predicted octanol–water partition coefficient (Wildman–Crippen LogP) is 0.960. The fourth-order valence-corrected chi connectivity index (χ4v) is 3.59. The highest BCUT2D eigenvalue weighted by molar-refractivity contribution is 8.13. The Labute approximate surface area is 127 Å². The maximum Gasteiger partial charge on any atom is 0.281 e. The van der Waals surface area contributed by atoms with Gasteiger partial charge in [-0.3, -0.25) is 9.59 Å². The van der Waals surface area contributed by atoms with Gasteiger partial charge >= 0.3 is 0 Å². The lowest BCUT2D eigenvalue weighted by atomic mass is 10.3. The lowest BCUT2D eigenvalue weighted by Crippen LogP contribution is -2.33. The van der Waals surface area contributed by atoms with Crippen LogP contribution in [0, 0.1) is 0 Å². The van der Waals surface area contributed by atoms with Gasteiger partial charge in [0.15, 0.2) is 5.82 Å². The summed E-state index contributed by atoms with van der Waals surface area (Å²) in [6.45, 7) is 4.08. The number of hydrogen-bond acceptors (Lipinski definition) is 5. The Morgan fingerprint density at radius 3 is 3.05 bits per heavy atom. The van der Waals surface area contributed by atoms with Gasteiger partial charge in [0.1, 0.15) is 5.82 Å². The first-order valence-electron chi connectivity index (χ1n) is 7.28. The second-order valence-electron chi connectivity index (χ2n) is 5.37. The minimum Gasteiger partial charge on any atom is -0.346 e. The highest BCUT2D eigenvalue weighted by Crippen LogP contribution is 2.19. The van der Waals surface area contributed by atoms with Crippen LogP contribution in [0.25, 0.3) is 0 Å². The van der Waals surface area contributed by atoms with E-state index >= 15 is 0 Å². The van der Waals surface area contributed by atoms with Crippen molar-refractivity contribution in [2.45, 2.75) is 38.8 Å². The summed E-state index contributed by atoms with van der Waals surface area (Å²) in [6, 6.07) is -0.152. The summed E-state index contributed by atoms with van der Waals surface area (Å²) >= 11 is 1.32. The summed E-state index contributed by atoms with van der Waals surface area (Å²) in [5.41, 5.74) is 0. The van der Waals surface area contributed by atoms with Crippen LogP contribution in [0.2, 0.25) is 0 Å². The Kier molecular flexibility index (Phi) is 4.14. The molecule has 2 amide bonds. The van der Waals surface area contributed by atoms with Crippen LogP contribution in [-0.2, 0) is 17.8 Å². The van der Waals surface area contributed by atoms with Crippen LogP contribution in [0.4, 0.5) is 4.79 Å². The maximum atomic E-state index is 12.0. The molecular weight excluding hydrogens is 290 g/mol. The SMILES string of the molecule is C[C@@H](NC(=O)CCN1CCSC1=O)c1nnc2n1CCC2. The first kappa shape index (κ1) is 14.4. The van der Waals surface area contributed by atoms with Gasteiger partial charge in [-0.2, -0.15) is 0 Å². The van der Waals surface area contributed by atoms with E-state index in [-0.39, 0.29) is 17.2 Å². The molecule has 0 bridgehead atoms. The molecule has 1 aromatic rings. The molecule has 1 N–H and O–H groups in total. The predicted molar refractivity (Wildman–Crippen MR) is 78.9 cm³/mol. The molecule has 7 nitrogen and oxygen atoms in total. The second kappa shape index (κ2) is 6.05. The molecule has 0 radical (unpaired) electrons. The zero-order valence-corrected chi connectivity index (χ0v) is 12.9. The number of hydrogen-bond donors (Lipinski definition) is 1. The maximum absolute atomic E-state index is 12.0. The van der Waals surface area contributed by atoms with Gasteiger partial charge in [-0.15, -0.1) is 10.2 Å². The van der Waals surface area contributed by atoms with Gasteiger partial charge in [-0.25, -0.2) is 0 Å². The number of thioether (sulfide) groups is 1. The van der Waals surface area contributed by atoms with Crippen molar-refractivity contribution in [3.63, 3.8) is 0 Å². The zero-order valence-electron chi connectivity index (χ0n) is 12.0. The van der Waals surface area contributed by atoms with Gasteiger partial charge in [0.05, 0.1) is 6.04 Å². The standard InChI is InChI=1S/C13H19N5O2S/c1-9(12-16-15-10-3-2-5-18(10)12)14-11(19)4-6-17-7-8-21-13(17)20/h9H,2-8H2,1H3,(H,14,19)/t9-/m1/s1. The third kappa shape index (κ3) is 3.04. The van der Waals surface area contributed by atoms with Crippen LogP contribution in [0.5, 0.6) is 0 Å². The van der Waals surface area contributed by atoms with E-state index < -0.39 is 0 Å². The van der Waals surface area contributed by atoms with Crippen molar-refractivity contribution >= 4 is 22.9 Å². The molecule has 1 fully saturated rings. The minimum atomic E-state index is -0.152. The molecule has 0 unspecified atom stereocenters. The zero-order chi connectivity index (χ0) is 14.8. The summed E-state index contributed by atoms with van der Waals surface area (Å²) in [5, 5.41) is 11.3. The molecule has 3 rings (SSSR count). The summed E-state index contributed by atoms with van der Waals surface area (Å²) in [7, 11) is 0. The number of aryl methyl sites for hydroxylation is 1. The largest absolute Gasteiger partial charge is 0.346 e. The number of nitrogens with one attached hydrogen (secondary N) is 1. The monoisotopic (exact) mass is 309 g/mol. The topological polar surface area (TPSA) is 80.1 Å². The first-order valence-corrected chi connectivity index (χ1v) is 8.27. The average Bonchev–Trinajstić information content (AvgIpc) is 3.12. The molecule has 2 aliphatic heterocycles. The van der Waals surface area contributed by atoms with Crippen LogP contribution in [0.1, 0.15) is 37.5 Å². The molecular formula is C13H19N5O2S. The van der Waals surface area contributed by atoms with Gasteiger partial charge < -0.3 is 14.8 Å². The second-order valence-corrected chi connectivity index (χ2v) is 6.42. The Hall–Kier alpha value is -1.57. The molecule has 0 saturated carbocycles. The highest BCUT2D eigenvalue weighted by Gasteiger charge is 2.24. The summed E-state index contributed by atoms with van der Waals surface area (Å²) in [4.78, 5) is 25.2. The van der Waals surface area contributed by atoms with E-state index in [4.69, 9.17) is 0 Å². The van der Waals surface area contributed by atoms with Crippen molar-refractivity contribution < 1.29 is 9.59 Å². The number of aromatic nitrogens is 3. The Balaban J connectivity index is 1.51. The molecule has 21 heavy (non-hydrogen) atoms. The molecule has 3 heterocycles. The number of fused-ring (bicyclic) bond motifs is 1. The molecule has 0 aliphatic carbocycles. The Bertz CT molecular complexity index is 559. The van der Waals surface area contributed by atoms with Gasteiger partial charge in [0.25, 0.3) is 5.24 Å². The van der Waals surface area contributed by atoms with E-state index in [0.717, 1.165) is 43.3 Å². The van der Waals surface area contributed by atoms with E-state index in [9.17, 15) is 9.59 Å². The van der Waals surface area contributed by atoms with Crippen molar-refractivity contribution in [1.82, 2.24) is 25.0 Å². The van der Waals surface area contributed by atoms with Crippen molar-refractivity contribution in [2.24, 2.45) is 0 Å². The molecule has 1 atom stereocenters. The smallest absolute Gasteiger partial charge is 0.281 e. The van der Waals surface area contributed by atoms with Crippen LogP contribution >= 0.6 is 11.8 Å². The first-order chi connectivity index (χ1) is 10.1. The van der Waals surface area contributed by atoms with Gasteiger partial charge in [-0.05, 0) is 13.3 Å². The quantitative estimate of drug-likeness (QED) is 0.876. The van der Waals surface area contributed by atoms with Gasteiger partial charge in [-0.1, -0.05) is 11.8 Å². The van der Waals surface area contributed by atoms with Crippen molar-refractivity contribution in [2.75, 3.05) is 18.8 Å². The Morgan fingerprint density at radius 2 is 2.29 bits per heavy atom. The minimum absolute atomic E-state index is 0.0532.